The molecule has 0 bridgehead atoms. The van der Waals surface area contributed by atoms with E-state index in [4.69, 9.17) is 9.47 Å². The predicted octanol–water partition coefficient (Wildman–Crippen LogP) is 2.35. The van der Waals surface area contributed by atoms with Crippen molar-refractivity contribution in [2.45, 2.75) is 12.5 Å². The van der Waals surface area contributed by atoms with Gasteiger partial charge in [-0.05, 0) is 35.7 Å². The van der Waals surface area contributed by atoms with Gasteiger partial charge in [0, 0.05) is 12.4 Å². The van der Waals surface area contributed by atoms with E-state index in [0.717, 1.165) is 23.3 Å². The summed E-state index contributed by atoms with van der Waals surface area (Å²) in [5, 5.41) is 3.38. The number of nitrogens with one attached hydrogen (secondary N) is 1. The molecule has 0 saturated carbocycles. The van der Waals surface area contributed by atoms with E-state index in [-0.39, 0.29) is 6.04 Å². The summed E-state index contributed by atoms with van der Waals surface area (Å²) in [5.41, 5.74) is 2.28. The minimum Gasteiger partial charge on any atom is -0.497 e. The minimum absolute atomic E-state index is 0.0520. The first-order chi connectivity index (χ1) is 10.8. The minimum atomic E-state index is 0.0520. The van der Waals surface area contributed by atoms with Crippen molar-refractivity contribution in [1.82, 2.24) is 10.3 Å². The van der Waals surface area contributed by atoms with Gasteiger partial charge in [0.15, 0.2) is 0 Å². The van der Waals surface area contributed by atoms with Gasteiger partial charge in [-0.2, -0.15) is 0 Å². The molecule has 3 rings (SSSR count). The van der Waals surface area contributed by atoms with E-state index in [1.165, 1.54) is 0 Å². The molecular weight excluding hydrogens is 278 g/mol. The summed E-state index contributed by atoms with van der Waals surface area (Å²) in [6.45, 7) is 1.35. The third kappa shape index (κ3) is 3.55. The SMILES string of the molecule is COc1cccc(C(Cc2cccnc2)NC2=NCCO2)c1. The molecule has 0 amide bonds. The standard InChI is InChI=1S/C17H19N3O2/c1-21-15-6-2-5-14(11-15)16(20-17-19-8-9-22-17)10-13-4-3-7-18-12-13/h2-7,11-12,16H,8-10H2,1H3,(H,19,20). The summed E-state index contributed by atoms with van der Waals surface area (Å²) in [7, 11) is 1.67. The molecule has 2 heterocycles. The Hall–Kier alpha value is -2.56. The summed E-state index contributed by atoms with van der Waals surface area (Å²) in [6, 6.07) is 12.7. The van der Waals surface area contributed by atoms with Gasteiger partial charge in [0.1, 0.15) is 12.4 Å². The molecule has 22 heavy (non-hydrogen) atoms. The fourth-order valence-corrected chi connectivity index (χ4v) is 2.44. The molecule has 0 saturated heterocycles. The van der Waals surface area contributed by atoms with Crippen molar-refractivity contribution in [2.75, 3.05) is 20.3 Å². The number of aliphatic imine (C=N–C) groups is 1. The maximum absolute atomic E-state index is 5.49. The number of hydrogen-bond donors (Lipinski definition) is 1. The lowest BCUT2D eigenvalue weighted by atomic mass is 10.00. The molecule has 5 nitrogen and oxygen atoms in total. The molecule has 0 fully saturated rings. The second-order valence-electron chi connectivity index (χ2n) is 5.07. The molecule has 1 aliphatic heterocycles. The van der Waals surface area contributed by atoms with Gasteiger partial charge in [0.2, 0.25) is 0 Å². The summed E-state index contributed by atoms with van der Waals surface area (Å²) in [4.78, 5) is 8.50. The second kappa shape index (κ2) is 6.93. The molecule has 0 radical (unpaired) electrons. The highest BCUT2D eigenvalue weighted by Crippen LogP contribution is 2.22. The van der Waals surface area contributed by atoms with Crippen LogP contribution in [0.3, 0.4) is 0 Å². The smallest absolute Gasteiger partial charge is 0.285 e. The van der Waals surface area contributed by atoms with Crippen molar-refractivity contribution in [3.63, 3.8) is 0 Å². The molecule has 0 spiro atoms. The molecular formula is C17H19N3O2. The number of nitrogens with zero attached hydrogens (tertiary/aromatic N) is 2. The van der Waals surface area contributed by atoms with Crippen molar-refractivity contribution in [3.05, 3.63) is 59.9 Å². The van der Waals surface area contributed by atoms with Crippen LogP contribution in [0.15, 0.2) is 53.8 Å². The topological polar surface area (TPSA) is 55.7 Å². The van der Waals surface area contributed by atoms with Crippen molar-refractivity contribution >= 4 is 6.02 Å². The first kappa shape index (κ1) is 14.4. The van der Waals surface area contributed by atoms with E-state index >= 15 is 0 Å². The molecule has 5 heteroatoms. The zero-order valence-corrected chi connectivity index (χ0v) is 12.5. The van der Waals surface area contributed by atoms with Crippen LogP contribution in [0.2, 0.25) is 0 Å². The summed E-state index contributed by atoms with van der Waals surface area (Å²) in [6.07, 6.45) is 4.46. The molecule has 0 aliphatic carbocycles. The van der Waals surface area contributed by atoms with Gasteiger partial charge >= 0.3 is 0 Å². The Bertz CT molecular complexity index is 643. The van der Waals surface area contributed by atoms with E-state index in [2.05, 4.69) is 27.4 Å². The number of amidine groups is 1. The van der Waals surface area contributed by atoms with Crippen molar-refractivity contribution in [3.8, 4) is 5.75 Å². The van der Waals surface area contributed by atoms with E-state index in [0.29, 0.717) is 19.2 Å². The van der Waals surface area contributed by atoms with Gasteiger partial charge in [-0.15, -0.1) is 0 Å². The van der Waals surface area contributed by atoms with Crippen molar-refractivity contribution in [1.29, 1.82) is 0 Å². The number of ether oxygens (including phenoxy) is 2. The lowest BCUT2D eigenvalue weighted by molar-refractivity contribution is 0.324. The second-order valence-corrected chi connectivity index (χ2v) is 5.07. The van der Waals surface area contributed by atoms with Crippen molar-refractivity contribution < 1.29 is 9.47 Å². The van der Waals surface area contributed by atoms with Crippen molar-refractivity contribution in [2.24, 2.45) is 4.99 Å². The third-order valence-corrected chi connectivity index (χ3v) is 3.54. The molecule has 1 N–H and O–H groups in total. The van der Waals surface area contributed by atoms with Crippen LogP contribution in [0.1, 0.15) is 17.2 Å². The number of rotatable bonds is 5. The monoisotopic (exact) mass is 297 g/mol. The van der Waals surface area contributed by atoms with Crippen LogP contribution in [0.5, 0.6) is 5.75 Å². The first-order valence-corrected chi connectivity index (χ1v) is 7.32. The highest BCUT2D eigenvalue weighted by molar-refractivity contribution is 5.75. The van der Waals surface area contributed by atoms with Crippen LogP contribution < -0.4 is 10.1 Å². The van der Waals surface area contributed by atoms with Crippen LogP contribution in [0, 0.1) is 0 Å². The number of benzene rings is 1. The molecule has 1 aliphatic rings. The highest BCUT2D eigenvalue weighted by atomic mass is 16.5. The fraction of sp³-hybridized carbons (Fsp3) is 0.294. The maximum Gasteiger partial charge on any atom is 0.285 e. The number of hydrogen-bond acceptors (Lipinski definition) is 5. The Balaban J connectivity index is 1.84. The summed E-state index contributed by atoms with van der Waals surface area (Å²) in [5.74, 6) is 0.838. The Morgan fingerprint density at radius 3 is 3.00 bits per heavy atom. The van der Waals surface area contributed by atoms with Gasteiger partial charge in [-0.3, -0.25) is 4.98 Å². The van der Waals surface area contributed by atoms with Gasteiger partial charge in [0.05, 0.1) is 19.7 Å². The predicted molar refractivity (Wildman–Crippen MR) is 85.1 cm³/mol. The molecule has 1 aromatic carbocycles. The number of pyridine rings is 1. The zero-order chi connectivity index (χ0) is 15.2. The highest BCUT2D eigenvalue weighted by Gasteiger charge is 2.17. The zero-order valence-electron chi connectivity index (χ0n) is 12.5. The van der Waals surface area contributed by atoms with E-state index < -0.39 is 0 Å². The average Bonchev–Trinajstić information content (AvgIpc) is 3.08. The summed E-state index contributed by atoms with van der Waals surface area (Å²) >= 11 is 0. The van der Waals surface area contributed by atoms with Gasteiger partial charge in [-0.25, -0.2) is 4.99 Å². The quantitative estimate of drug-likeness (QED) is 0.920. The molecule has 1 unspecified atom stereocenters. The Kier molecular flexibility index (Phi) is 4.53. The fourth-order valence-electron chi connectivity index (χ4n) is 2.44. The van der Waals surface area contributed by atoms with Crippen LogP contribution >= 0.6 is 0 Å². The number of methoxy groups -OCH3 is 1. The van der Waals surface area contributed by atoms with Crippen LogP contribution in [0.25, 0.3) is 0 Å². The Labute approximate surface area is 130 Å². The molecule has 1 atom stereocenters. The molecule has 1 aromatic heterocycles. The van der Waals surface area contributed by atoms with Gasteiger partial charge < -0.3 is 14.8 Å². The van der Waals surface area contributed by atoms with E-state index in [1.807, 2.05) is 30.5 Å². The third-order valence-electron chi connectivity index (χ3n) is 3.54. The van der Waals surface area contributed by atoms with Crippen LogP contribution in [-0.4, -0.2) is 31.3 Å². The Morgan fingerprint density at radius 2 is 2.27 bits per heavy atom. The van der Waals surface area contributed by atoms with Crippen LogP contribution in [0.4, 0.5) is 0 Å². The van der Waals surface area contributed by atoms with Gasteiger partial charge in [0.25, 0.3) is 6.02 Å². The van der Waals surface area contributed by atoms with Gasteiger partial charge in [-0.1, -0.05) is 18.2 Å². The maximum atomic E-state index is 5.49. The van der Waals surface area contributed by atoms with Crippen LogP contribution in [-0.2, 0) is 11.2 Å². The largest absolute Gasteiger partial charge is 0.497 e. The molecule has 114 valence electrons. The Morgan fingerprint density at radius 1 is 1.32 bits per heavy atom. The normalized spacial score (nSPS) is 14.9. The summed E-state index contributed by atoms with van der Waals surface area (Å²) < 4.78 is 10.8. The molecule has 2 aromatic rings. The number of aromatic nitrogens is 1. The first-order valence-electron chi connectivity index (χ1n) is 7.32. The average molecular weight is 297 g/mol. The van der Waals surface area contributed by atoms with E-state index in [1.54, 1.807) is 13.3 Å². The lowest BCUT2D eigenvalue weighted by Gasteiger charge is -2.20. The lowest BCUT2D eigenvalue weighted by Crippen LogP contribution is -2.30. The van der Waals surface area contributed by atoms with E-state index in [9.17, 15) is 0 Å².